The lowest BCUT2D eigenvalue weighted by molar-refractivity contribution is -0.122. The van der Waals surface area contributed by atoms with Crippen molar-refractivity contribution in [1.82, 2.24) is 5.32 Å². The van der Waals surface area contributed by atoms with Crippen molar-refractivity contribution < 1.29 is 14.0 Å². The highest BCUT2D eigenvalue weighted by Gasteiger charge is 2.34. The first-order chi connectivity index (χ1) is 14.3. The molecule has 30 heavy (non-hydrogen) atoms. The maximum absolute atomic E-state index is 13.2. The van der Waals surface area contributed by atoms with E-state index in [2.05, 4.69) is 21.2 Å². The maximum Gasteiger partial charge on any atom is 0.270 e. The molecule has 0 bridgehead atoms. The Morgan fingerprint density at radius 2 is 1.77 bits per heavy atom. The minimum atomic E-state index is -0.550. The number of thiocarbonyl (C=S) groups is 1. The number of aryl methyl sites for hydroxylation is 2. The Morgan fingerprint density at radius 3 is 2.47 bits per heavy atom. The molecule has 150 valence electrons. The largest absolute Gasteiger partial charge is 0.457 e. The third-order valence-electron chi connectivity index (χ3n) is 4.59. The maximum atomic E-state index is 13.2. The average molecular weight is 481 g/mol. The lowest BCUT2D eigenvalue weighted by Gasteiger charge is -2.29. The van der Waals surface area contributed by atoms with Crippen LogP contribution in [0.15, 0.2) is 69.1 Å². The fraction of sp³-hybridized carbons (Fsp3) is 0.0870. The van der Waals surface area contributed by atoms with E-state index in [1.165, 1.54) is 11.0 Å². The molecule has 0 aliphatic carbocycles. The molecule has 2 heterocycles. The molecule has 1 aliphatic heterocycles. The number of hydrogen-bond acceptors (Lipinski definition) is 4. The number of nitrogens with zero attached hydrogens (tertiary/aromatic N) is 1. The summed E-state index contributed by atoms with van der Waals surface area (Å²) in [6.45, 7) is 3.88. The van der Waals surface area contributed by atoms with Gasteiger partial charge in [0.05, 0.1) is 5.69 Å². The van der Waals surface area contributed by atoms with E-state index >= 15 is 0 Å². The van der Waals surface area contributed by atoms with Gasteiger partial charge in [0.25, 0.3) is 11.8 Å². The highest BCUT2D eigenvalue weighted by atomic mass is 79.9. The molecule has 0 atom stereocenters. The van der Waals surface area contributed by atoms with Gasteiger partial charge in [0, 0.05) is 10.0 Å². The minimum absolute atomic E-state index is 0.0436. The molecule has 2 amide bonds. The normalized spacial score (nSPS) is 15.6. The molecule has 4 rings (SSSR count). The molecule has 1 aliphatic rings. The molecule has 0 unspecified atom stereocenters. The molecule has 0 radical (unpaired) electrons. The van der Waals surface area contributed by atoms with Gasteiger partial charge < -0.3 is 4.42 Å². The molecule has 1 saturated heterocycles. The lowest BCUT2D eigenvalue weighted by atomic mass is 10.1. The summed E-state index contributed by atoms with van der Waals surface area (Å²) in [5.74, 6) is -0.00893. The first kappa shape index (κ1) is 20.3. The van der Waals surface area contributed by atoms with E-state index < -0.39 is 11.8 Å². The van der Waals surface area contributed by atoms with E-state index in [-0.39, 0.29) is 10.7 Å². The topological polar surface area (TPSA) is 62.6 Å². The predicted molar refractivity (Wildman–Crippen MR) is 124 cm³/mol. The molecular weight excluding hydrogens is 464 g/mol. The van der Waals surface area contributed by atoms with E-state index in [1.807, 2.05) is 56.3 Å². The van der Waals surface area contributed by atoms with Crippen molar-refractivity contribution in [3.8, 4) is 11.3 Å². The number of furan rings is 1. The summed E-state index contributed by atoms with van der Waals surface area (Å²) in [4.78, 5) is 27.0. The van der Waals surface area contributed by atoms with Crippen LogP contribution < -0.4 is 10.2 Å². The van der Waals surface area contributed by atoms with Crippen molar-refractivity contribution in [2.24, 2.45) is 0 Å². The van der Waals surface area contributed by atoms with Crippen LogP contribution >= 0.6 is 28.1 Å². The van der Waals surface area contributed by atoms with Crippen LogP contribution in [0.25, 0.3) is 17.4 Å². The summed E-state index contributed by atoms with van der Waals surface area (Å²) >= 11 is 8.70. The number of rotatable bonds is 3. The quantitative estimate of drug-likeness (QED) is 0.319. The number of halogens is 1. The van der Waals surface area contributed by atoms with Gasteiger partial charge in [0.15, 0.2) is 5.11 Å². The fourth-order valence-corrected chi connectivity index (χ4v) is 4.02. The molecule has 1 aromatic heterocycles. The number of hydrogen-bond donors (Lipinski definition) is 1. The number of anilines is 1. The van der Waals surface area contributed by atoms with Crippen LogP contribution in [-0.2, 0) is 9.59 Å². The molecule has 3 aromatic rings. The Kier molecular flexibility index (Phi) is 5.40. The first-order valence-corrected chi connectivity index (χ1v) is 10.4. The number of benzene rings is 2. The molecular formula is C23H17BrN2O3S. The van der Waals surface area contributed by atoms with Gasteiger partial charge in [0.2, 0.25) is 0 Å². The third kappa shape index (κ3) is 3.99. The van der Waals surface area contributed by atoms with Crippen LogP contribution in [-0.4, -0.2) is 16.9 Å². The Labute approximate surface area is 187 Å². The third-order valence-corrected chi connectivity index (χ3v) is 5.37. The fourth-order valence-electron chi connectivity index (χ4n) is 3.34. The Hall–Kier alpha value is -3.03. The van der Waals surface area contributed by atoms with E-state index in [4.69, 9.17) is 16.6 Å². The summed E-state index contributed by atoms with van der Waals surface area (Å²) < 4.78 is 6.78. The van der Waals surface area contributed by atoms with E-state index in [0.29, 0.717) is 17.2 Å². The summed E-state index contributed by atoms with van der Waals surface area (Å²) in [6, 6.07) is 16.9. The second-order valence-electron chi connectivity index (χ2n) is 7.02. The summed E-state index contributed by atoms with van der Waals surface area (Å²) in [5, 5.41) is 2.65. The van der Waals surface area contributed by atoms with E-state index in [9.17, 15) is 9.59 Å². The van der Waals surface area contributed by atoms with Crippen LogP contribution in [0.4, 0.5) is 5.69 Å². The van der Waals surface area contributed by atoms with Gasteiger partial charge in [0.1, 0.15) is 17.1 Å². The molecule has 0 spiro atoms. The number of carbonyl (C=O) groups excluding carboxylic acids is 2. The van der Waals surface area contributed by atoms with Gasteiger partial charge in [-0.1, -0.05) is 34.1 Å². The van der Waals surface area contributed by atoms with Gasteiger partial charge in [-0.05, 0) is 79.7 Å². The molecule has 1 N–H and O–H groups in total. The monoisotopic (exact) mass is 480 g/mol. The number of nitrogens with one attached hydrogen (secondary N) is 1. The molecule has 7 heteroatoms. The SMILES string of the molecule is Cc1cc(C)cc(N2C(=O)/C(=C/c3ccc(-c4cccc(Br)c4)o3)C(=O)NC2=S)c1. The molecule has 2 aromatic carbocycles. The Balaban J connectivity index is 1.69. The van der Waals surface area contributed by atoms with Gasteiger partial charge in [-0.25, -0.2) is 0 Å². The zero-order valence-electron chi connectivity index (χ0n) is 16.2. The Morgan fingerprint density at radius 1 is 1.03 bits per heavy atom. The summed E-state index contributed by atoms with van der Waals surface area (Å²) in [7, 11) is 0. The smallest absolute Gasteiger partial charge is 0.270 e. The van der Waals surface area contributed by atoms with Crippen LogP contribution in [0, 0.1) is 13.8 Å². The van der Waals surface area contributed by atoms with Gasteiger partial charge in [-0.2, -0.15) is 0 Å². The van der Waals surface area contributed by atoms with Crippen molar-refractivity contribution in [1.29, 1.82) is 0 Å². The van der Waals surface area contributed by atoms with Crippen molar-refractivity contribution in [3.63, 3.8) is 0 Å². The van der Waals surface area contributed by atoms with E-state index in [0.717, 1.165) is 21.2 Å². The van der Waals surface area contributed by atoms with Gasteiger partial charge in [-0.15, -0.1) is 0 Å². The highest BCUT2D eigenvalue weighted by molar-refractivity contribution is 9.10. The van der Waals surface area contributed by atoms with Crippen molar-refractivity contribution in [3.05, 3.63) is 81.5 Å². The standard InChI is InChI=1S/C23H17BrN2O3S/c1-13-8-14(2)10-17(9-13)26-22(28)19(21(27)25-23(26)30)12-18-6-7-20(29-18)15-4-3-5-16(24)11-15/h3-12H,1-2H3,(H,25,27,30)/b19-12+. The number of carbonyl (C=O) groups is 2. The zero-order valence-corrected chi connectivity index (χ0v) is 18.6. The van der Waals surface area contributed by atoms with Gasteiger partial charge >= 0.3 is 0 Å². The molecule has 1 fully saturated rings. The number of amides is 2. The highest BCUT2D eigenvalue weighted by Crippen LogP contribution is 2.28. The van der Waals surface area contributed by atoms with Gasteiger partial charge in [-0.3, -0.25) is 19.8 Å². The average Bonchev–Trinajstić information content (AvgIpc) is 3.13. The lowest BCUT2D eigenvalue weighted by Crippen LogP contribution is -2.54. The van der Waals surface area contributed by atoms with Crippen LogP contribution in [0.1, 0.15) is 16.9 Å². The molecule has 5 nitrogen and oxygen atoms in total. The molecule has 0 saturated carbocycles. The van der Waals surface area contributed by atoms with Crippen LogP contribution in [0.5, 0.6) is 0 Å². The second kappa shape index (κ2) is 8.01. The first-order valence-electron chi connectivity index (χ1n) is 9.17. The zero-order chi connectivity index (χ0) is 21.4. The van der Waals surface area contributed by atoms with Crippen molar-refractivity contribution >= 4 is 56.8 Å². The van der Waals surface area contributed by atoms with Crippen molar-refractivity contribution in [2.45, 2.75) is 13.8 Å². The predicted octanol–water partition coefficient (Wildman–Crippen LogP) is 5.16. The second-order valence-corrected chi connectivity index (χ2v) is 8.32. The summed E-state index contributed by atoms with van der Waals surface area (Å²) in [6.07, 6.45) is 1.44. The van der Waals surface area contributed by atoms with Crippen molar-refractivity contribution in [2.75, 3.05) is 4.90 Å². The van der Waals surface area contributed by atoms with E-state index in [1.54, 1.807) is 12.1 Å². The van der Waals surface area contributed by atoms with Crippen LogP contribution in [0.2, 0.25) is 0 Å². The van der Waals surface area contributed by atoms with Crippen LogP contribution in [0.3, 0.4) is 0 Å². The minimum Gasteiger partial charge on any atom is -0.457 e. The Bertz CT molecular complexity index is 1210. The summed E-state index contributed by atoms with van der Waals surface area (Å²) in [5.41, 5.74) is 3.44.